The lowest BCUT2D eigenvalue weighted by Gasteiger charge is -2.35. The molecule has 5 aromatic rings. The maximum absolute atomic E-state index is 14.1. The quantitative estimate of drug-likeness (QED) is 0.0216. The van der Waals surface area contributed by atoms with Gasteiger partial charge < -0.3 is 57.7 Å². The van der Waals surface area contributed by atoms with Crippen molar-refractivity contribution in [1.29, 1.82) is 0 Å². The average molecular weight is 1230 g/mol. The van der Waals surface area contributed by atoms with Crippen LogP contribution >= 0.6 is 0 Å². The number of carbonyl (C=O) groups is 3. The molecular formula is C69H99F3N6O10+2. The van der Waals surface area contributed by atoms with E-state index in [-0.39, 0.29) is 30.2 Å². The van der Waals surface area contributed by atoms with Crippen molar-refractivity contribution in [2.24, 2.45) is 0 Å². The summed E-state index contributed by atoms with van der Waals surface area (Å²) in [6.07, 6.45) is 0.436. The van der Waals surface area contributed by atoms with Crippen LogP contribution in [0.2, 0.25) is 0 Å². The van der Waals surface area contributed by atoms with Crippen LogP contribution in [0, 0.1) is 0 Å². The van der Waals surface area contributed by atoms with E-state index >= 15 is 0 Å². The highest BCUT2D eigenvalue weighted by Gasteiger charge is 2.30. The van der Waals surface area contributed by atoms with Crippen molar-refractivity contribution in [3.05, 3.63) is 148 Å². The maximum Gasteiger partial charge on any atom is 0.416 e. The van der Waals surface area contributed by atoms with Gasteiger partial charge >= 0.3 is 12.1 Å². The molecule has 0 saturated carbocycles. The van der Waals surface area contributed by atoms with Gasteiger partial charge in [0.15, 0.2) is 0 Å². The Kier molecular flexibility index (Phi) is 32.7. The molecule has 4 aromatic carbocycles. The lowest BCUT2D eigenvalue weighted by atomic mass is 10.0. The van der Waals surface area contributed by atoms with Crippen LogP contribution in [0.25, 0.3) is 11.3 Å². The first-order valence-corrected chi connectivity index (χ1v) is 31.8. The maximum atomic E-state index is 14.1. The number of benzene rings is 4. The number of hydrogen-bond acceptors (Lipinski definition) is 12. The fraction of sp³-hybridized carbons (Fsp3) is 0.536. The highest BCUT2D eigenvalue weighted by Crippen LogP contribution is 2.33. The minimum Gasteiger partial charge on any atom is -0.462 e. The molecule has 88 heavy (non-hydrogen) atoms. The third-order valence-corrected chi connectivity index (χ3v) is 16.6. The first-order valence-electron chi connectivity index (χ1n) is 31.8. The van der Waals surface area contributed by atoms with Gasteiger partial charge in [-0.3, -0.25) is 14.6 Å². The van der Waals surface area contributed by atoms with Crippen LogP contribution in [0.4, 0.5) is 24.5 Å². The summed E-state index contributed by atoms with van der Waals surface area (Å²) in [5, 5.41) is 5.82. The first kappa shape index (κ1) is 72.5. The van der Waals surface area contributed by atoms with E-state index in [1.807, 2.05) is 55.5 Å². The van der Waals surface area contributed by atoms with E-state index in [1.54, 1.807) is 24.3 Å². The number of halogens is 3. The number of anilines is 2. The molecule has 0 spiro atoms. The Labute approximate surface area is 521 Å². The van der Waals surface area contributed by atoms with Gasteiger partial charge in [0.1, 0.15) is 13.1 Å². The molecule has 0 aliphatic rings. The molecule has 0 aliphatic heterocycles. The number of amides is 2. The number of hydrogen-bond donors (Lipinski definition) is 2. The van der Waals surface area contributed by atoms with Gasteiger partial charge in [-0.2, -0.15) is 13.2 Å². The Bertz CT molecular complexity index is 2820. The normalized spacial score (nSPS) is 11.9. The van der Waals surface area contributed by atoms with Crippen molar-refractivity contribution in [3.8, 4) is 11.3 Å². The summed E-state index contributed by atoms with van der Waals surface area (Å²) in [4.78, 5) is 47.7. The number of aromatic nitrogens is 1. The van der Waals surface area contributed by atoms with Gasteiger partial charge in [0, 0.05) is 61.4 Å². The molecule has 2 N–H and O–H groups in total. The number of ether oxygens (including phenoxy) is 7. The van der Waals surface area contributed by atoms with E-state index in [2.05, 4.69) is 62.1 Å². The summed E-state index contributed by atoms with van der Waals surface area (Å²) in [5.41, 5.74) is 4.75. The highest BCUT2D eigenvalue weighted by molar-refractivity contribution is 6.06. The minimum absolute atomic E-state index is 0.137. The second-order valence-corrected chi connectivity index (χ2v) is 21.9. The number of nitrogens with one attached hydrogen (secondary N) is 2. The van der Waals surface area contributed by atoms with Crippen molar-refractivity contribution < 1.29 is 69.7 Å². The molecule has 0 aliphatic carbocycles. The minimum atomic E-state index is -4.53. The number of carbonyl (C=O) groups excluding carboxylic acids is 3. The van der Waals surface area contributed by atoms with E-state index in [4.69, 9.17) is 33.2 Å². The van der Waals surface area contributed by atoms with Crippen molar-refractivity contribution in [2.75, 3.05) is 162 Å². The summed E-state index contributed by atoms with van der Waals surface area (Å²) in [7, 11) is 0. The Hall–Kier alpha value is -6.29. The molecule has 484 valence electrons. The Morgan fingerprint density at radius 1 is 0.511 bits per heavy atom. The van der Waals surface area contributed by atoms with Crippen LogP contribution in [-0.2, 0) is 58.7 Å². The number of aryl methyl sites for hydroxylation is 2. The van der Waals surface area contributed by atoms with E-state index in [0.717, 1.165) is 116 Å². The zero-order valence-corrected chi connectivity index (χ0v) is 53.4. The second-order valence-electron chi connectivity index (χ2n) is 21.9. The molecule has 0 atom stereocenters. The molecule has 0 bridgehead atoms. The van der Waals surface area contributed by atoms with Gasteiger partial charge in [-0.1, -0.05) is 36.4 Å². The lowest BCUT2D eigenvalue weighted by molar-refractivity contribution is -0.923. The van der Waals surface area contributed by atoms with Crippen LogP contribution < -0.4 is 15.5 Å². The Balaban J connectivity index is 1.14. The standard InChI is InChI=1S/C69H97F3N6O10/c1-8-76(33-20-38-88-68(81)60-27-16-22-56(50-60)25-19-37-83-42-46-87-48-44-85-40-35-78(12-5,13-6)14-7)62-29-30-64(63(53-62)65-52-59(31-32-73-65)66(79)74-54-57-23-17-28-61(51-57)69(70,71)72)75-67(80)58-26-15-21-55(49-58)24-18-36-82-41-45-86-47-43-84-39-34-77(9-2,10-3)11-4/h15-17,21-23,26-32,49-53H,8-14,18-20,24-25,33-48,54H2,1-7H3/p+2. The smallest absolute Gasteiger partial charge is 0.416 e. The van der Waals surface area contributed by atoms with Gasteiger partial charge in [-0.15, -0.1) is 0 Å². The van der Waals surface area contributed by atoms with E-state index < -0.39 is 23.6 Å². The Morgan fingerprint density at radius 3 is 1.56 bits per heavy atom. The number of likely N-dealkylation sites (N-methyl/N-ethyl adjacent to an activating group) is 2. The highest BCUT2D eigenvalue weighted by atomic mass is 19.4. The van der Waals surface area contributed by atoms with Crippen molar-refractivity contribution in [3.63, 3.8) is 0 Å². The number of esters is 1. The number of rotatable bonds is 45. The zero-order chi connectivity index (χ0) is 63.5. The monoisotopic (exact) mass is 1230 g/mol. The SMILES string of the molecule is CCN(CCCOC(=O)c1cccc(CCCOCCOCCOCC[N+](CC)(CC)CC)c1)c1ccc(NC(=O)c2cccc(CCCOCCOCCOCC[N+](CC)(CC)CC)c2)c(-c2cc(C(=O)NCc3cccc(C(F)(F)F)c3)ccn2)c1. The van der Waals surface area contributed by atoms with E-state index in [9.17, 15) is 27.6 Å². The number of nitrogens with zero attached hydrogens (tertiary/aromatic N) is 4. The van der Waals surface area contributed by atoms with Crippen LogP contribution in [0.3, 0.4) is 0 Å². The van der Waals surface area contributed by atoms with E-state index in [0.29, 0.717) is 127 Å². The molecule has 2 amide bonds. The molecule has 0 radical (unpaired) electrons. The molecule has 0 unspecified atom stereocenters. The van der Waals surface area contributed by atoms with E-state index in [1.165, 1.54) is 24.4 Å². The molecule has 1 aromatic heterocycles. The number of quaternary nitrogens is 2. The van der Waals surface area contributed by atoms with Gasteiger partial charge in [-0.25, -0.2) is 4.79 Å². The fourth-order valence-electron chi connectivity index (χ4n) is 10.4. The van der Waals surface area contributed by atoms with Gasteiger partial charge in [0.2, 0.25) is 0 Å². The zero-order valence-electron chi connectivity index (χ0n) is 53.4. The number of pyridine rings is 1. The van der Waals surface area contributed by atoms with Crippen molar-refractivity contribution >= 4 is 29.2 Å². The number of alkyl halides is 3. The van der Waals surface area contributed by atoms with Crippen LogP contribution in [-0.4, -0.2) is 183 Å². The summed E-state index contributed by atoms with van der Waals surface area (Å²) in [6, 6.07) is 28.4. The average Bonchev–Trinajstić information content (AvgIpc) is 3.21. The van der Waals surface area contributed by atoms with Crippen molar-refractivity contribution in [2.45, 2.75) is 93.3 Å². The predicted octanol–water partition coefficient (Wildman–Crippen LogP) is 11.7. The first-order chi connectivity index (χ1) is 42.6. The van der Waals surface area contributed by atoms with Gasteiger partial charge in [0.05, 0.1) is 134 Å². The van der Waals surface area contributed by atoms with Crippen LogP contribution in [0.1, 0.15) is 121 Å². The topological polar surface area (TPSA) is 156 Å². The summed E-state index contributed by atoms with van der Waals surface area (Å²) in [5.74, 6) is -1.28. The van der Waals surface area contributed by atoms with Crippen LogP contribution in [0.15, 0.2) is 109 Å². The summed E-state index contributed by atoms with van der Waals surface area (Å²) < 4.78 is 82.9. The van der Waals surface area contributed by atoms with Crippen LogP contribution in [0.5, 0.6) is 0 Å². The molecule has 1 heterocycles. The van der Waals surface area contributed by atoms with Gasteiger partial charge in [0.25, 0.3) is 11.8 Å². The third-order valence-electron chi connectivity index (χ3n) is 16.6. The summed E-state index contributed by atoms with van der Waals surface area (Å²) in [6.45, 7) is 31.9. The molecule has 0 fully saturated rings. The summed E-state index contributed by atoms with van der Waals surface area (Å²) >= 11 is 0. The fourth-order valence-corrected chi connectivity index (χ4v) is 10.4. The molecule has 5 rings (SSSR count). The van der Waals surface area contributed by atoms with Crippen molar-refractivity contribution in [1.82, 2.24) is 10.3 Å². The molecule has 16 nitrogen and oxygen atoms in total. The third kappa shape index (κ3) is 24.9. The lowest BCUT2D eigenvalue weighted by Crippen LogP contribution is -2.49. The molecular weight excluding hydrogens is 1130 g/mol. The predicted molar refractivity (Wildman–Crippen MR) is 341 cm³/mol. The molecule has 0 saturated heterocycles. The van der Waals surface area contributed by atoms with Gasteiger partial charge in [-0.05, 0) is 164 Å². The Morgan fingerprint density at radius 2 is 1.01 bits per heavy atom. The second kappa shape index (κ2) is 39.7. The molecule has 19 heteroatoms. The largest absolute Gasteiger partial charge is 0.462 e.